The fraction of sp³-hybridized carbons (Fsp3) is 0.308. The number of carbonyl (C=O) groups is 1. The number of carbonyl (C=O) groups excluding carboxylic acids is 1. The van der Waals surface area contributed by atoms with Crippen molar-refractivity contribution in [1.29, 1.82) is 0 Å². The zero-order valence-electron chi connectivity index (χ0n) is 10.9. The lowest BCUT2D eigenvalue weighted by Crippen LogP contribution is -2.26. The maximum Gasteiger partial charge on any atom is 0.271 e. The zero-order valence-corrected chi connectivity index (χ0v) is 14.1. The Hall–Kier alpha value is -0.920. The molecule has 106 valence electrons. The summed E-state index contributed by atoms with van der Waals surface area (Å²) in [5.41, 5.74) is 1.17. The topological polar surface area (TPSA) is 54.9 Å². The first-order valence-corrected chi connectivity index (χ1v) is 8.80. The van der Waals surface area contributed by atoms with Crippen LogP contribution in [-0.2, 0) is 5.75 Å². The van der Waals surface area contributed by atoms with Gasteiger partial charge in [-0.05, 0) is 35.0 Å². The number of amides is 1. The van der Waals surface area contributed by atoms with Crippen LogP contribution in [0.2, 0.25) is 0 Å². The number of nitrogens with zero attached hydrogens (tertiary/aromatic N) is 2. The van der Waals surface area contributed by atoms with Crippen LogP contribution in [0.1, 0.15) is 21.1 Å². The molecule has 1 N–H and O–H groups in total. The normalized spacial score (nSPS) is 10.5. The van der Waals surface area contributed by atoms with Crippen molar-refractivity contribution in [1.82, 2.24) is 15.3 Å². The van der Waals surface area contributed by atoms with Gasteiger partial charge in [-0.1, -0.05) is 0 Å². The number of nitrogens with one attached hydrogen (secondary N) is 1. The highest BCUT2D eigenvalue weighted by Crippen LogP contribution is 2.25. The minimum Gasteiger partial charge on any atom is -0.350 e. The molecule has 0 aliphatic carbocycles. The van der Waals surface area contributed by atoms with Crippen LogP contribution in [0, 0.1) is 6.92 Å². The number of hydrogen-bond donors (Lipinski definition) is 1. The van der Waals surface area contributed by atoms with Gasteiger partial charge in [-0.15, -0.1) is 11.3 Å². The van der Waals surface area contributed by atoms with Crippen LogP contribution in [-0.4, -0.2) is 28.2 Å². The van der Waals surface area contributed by atoms with Crippen LogP contribution in [0.4, 0.5) is 0 Å². The number of aromatic nitrogens is 2. The summed E-state index contributed by atoms with van der Waals surface area (Å²) < 4.78 is 1.15. The third-order valence-corrected chi connectivity index (χ3v) is 5.23. The fourth-order valence-corrected chi connectivity index (χ4v) is 3.89. The minimum atomic E-state index is -0.169. The van der Waals surface area contributed by atoms with Crippen molar-refractivity contribution in [2.75, 3.05) is 12.3 Å². The predicted octanol–water partition coefficient (Wildman–Crippen LogP) is 3.27. The van der Waals surface area contributed by atoms with Gasteiger partial charge in [0.2, 0.25) is 0 Å². The molecule has 2 rings (SSSR count). The Kier molecular flexibility index (Phi) is 6.00. The van der Waals surface area contributed by atoms with Gasteiger partial charge < -0.3 is 5.32 Å². The van der Waals surface area contributed by atoms with E-state index in [0.717, 1.165) is 21.0 Å². The van der Waals surface area contributed by atoms with Crippen molar-refractivity contribution in [2.45, 2.75) is 12.7 Å². The van der Waals surface area contributed by atoms with Crippen LogP contribution < -0.4 is 5.32 Å². The van der Waals surface area contributed by atoms with E-state index in [9.17, 15) is 4.79 Å². The first-order valence-electron chi connectivity index (χ1n) is 6.04. The standard InChI is InChI=1S/C13H14BrN3OS2/c1-9-6-17-11(7-16-9)13(18)15-4-5-19-8-10-2-3-12(14)20-10/h2-3,6-7H,4-5,8H2,1H3,(H,15,18). The van der Waals surface area contributed by atoms with Crippen molar-refractivity contribution in [3.63, 3.8) is 0 Å². The van der Waals surface area contributed by atoms with Gasteiger partial charge in [0, 0.05) is 29.1 Å². The van der Waals surface area contributed by atoms with E-state index in [1.54, 1.807) is 29.3 Å². The lowest BCUT2D eigenvalue weighted by atomic mass is 10.4. The summed E-state index contributed by atoms with van der Waals surface area (Å²) in [6.45, 7) is 2.47. The predicted molar refractivity (Wildman–Crippen MR) is 87.3 cm³/mol. The van der Waals surface area contributed by atoms with E-state index in [1.807, 2.05) is 6.92 Å². The molecule has 0 unspecified atom stereocenters. The quantitative estimate of drug-likeness (QED) is 0.791. The molecule has 0 spiro atoms. The summed E-state index contributed by atoms with van der Waals surface area (Å²) in [6.07, 6.45) is 3.10. The molecule has 2 heterocycles. The van der Waals surface area contributed by atoms with Crippen molar-refractivity contribution < 1.29 is 4.79 Å². The third kappa shape index (κ3) is 4.88. The Morgan fingerprint density at radius 2 is 2.25 bits per heavy atom. The highest BCUT2D eigenvalue weighted by atomic mass is 79.9. The number of hydrogen-bond acceptors (Lipinski definition) is 5. The third-order valence-electron chi connectivity index (χ3n) is 2.42. The summed E-state index contributed by atoms with van der Waals surface area (Å²) in [5.74, 6) is 1.67. The van der Waals surface area contributed by atoms with Crippen LogP contribution in [0.25, 0.3) is 0 Å². The van der Waals surface area contributed by atoms with E-state index in [1.165, 1.54) is 11.1 Å². The van der Waals surface area contributed by atoms with Crippen molar-refractivity contribution in [2.24, 2.45) is 0 Å². The summed E-state index contributed by atoms with van der Waals surface area (Å²) in [5, 5.41) is 2.84. The second kappa shape index (κ2) is 7.75. The Morgan fingerprint density at radius 3 is 2.90 bits per heavy atom. The van der Waals surface area contributed by atoms with Gasteiger partial charge in [0.25, 0.3) is 5.91 Å². The van der Waals surface area contributed by atoms with Gasteiger partial charge in [0.05, 0.1) is 15.7 Å². The summed E-state index contributed by atoms with van der Waals surface area (Å²) in [6, 6.07) is 4.17. The second-order valence-electron chi connectivity index (χ2n) is 4.06. The molecule has 2 aromatic heterocycles. The molecule has 4 nitrogen and oxygen atoms in total. The molecular formula is C13H14BrN3OS2. The first-order chi connectivity index (χ1) is 9.65. The SMILES string of the molecule is Cc1cnc(C(=O)NCCSCc2ccc(Br)s2)cn1. The van der Waals surface area contributed by atoms with Gasteiger partial charge in [0.15, 0.2) is 0 Å². The zero-order chi connectivity index (χ0) is 14.4. The fourth-order valence-electron chi connectivity index (χ4n) is 1.44. The van der Waals surface area contributed by atoms with E-state index in [0.29, 0.717) is 12.2 Å². The number of aryl methyl sites for hydroxylation is 1. The average molecular weight is 372 g/mol. The molecule has 0 aliphatic heterocycles. The van der Waals surface area contributed by atoms with E-state index in [2.05, 4.69) is 43.3 Å². The smallest absolute Gasteiger partial charge is 0.271 e. The summed E-state index contributed by atoms with van der Waals surface area (Å²) in [7, 11) is 0. The molecule has 0 aliphatic rings. The van der Waals surface area contributed by atoms with Crippen LogP contribution >= 0.6 is 39.0 Å². The summed E-state index contributed by atoms with van der Waals surface area (Å²) in [4.78, 5) is 21.2. The van der Waals surface area contributed by atoms with E-state index in [-0.39, 0.29) is 5.91 Å². The van der Waals surface area contributed by atoms with E-state index >= 15 is 0 Å². The largest absolute Gasteiger partial charge is 0.350 e. The molecule has 2 aromatic rings. The average Bonchev–Trinajstić information content (AvgIpc) is 2.84. The molecule has 20 heavy (non-hydrogen) atoms. The Balaban J connectivity index is 1.65. The Bertz CT molecular complexity index is 571. The van der Waals surface area contributed by atoms with Gasteiger partial charge in [-0.25, -0.2) is 4.98 Å². The van der Waals surface area contributed by atoms with Crippen molar-refractivity contribution >= 4 is 44.9 Å². The van der Waals surface area contributed by atoms with Crippen LogP contribution in [0.15, 0.2) is 28.3 Å². The molecule has 0 fully saturated rings. The molecule has 1 amide bonds. The first kappa shape index (κ1) is 15.5. The van der Waals surface area contributed by atoms with Gasteiger partial charge in [0.1, 0.15) is 5.69 Å². The molecule has 7 heteroatoms. The van der Waals surface area contributed by atoms with Gasteiger partial charge >= 0.3 is 0 Å². The highest BCUT2D eigenvalue weighted by molar-refractivity contribution is 9.11. The number of halogens is 1. The van der Waals surface area contributed by atoms with Crippen LogP contribution in [0.5, 0.6) is 0 Å². The van der Waals surface area contributed by atoms with Crippen molar-refractivity contribution in [3.8, 4) is 0 Å². The molecule has 0 saturated heterocycles. The number of rotatable bonds is 6. The molecule has 0 aromatic carbocycles. The molecule has 0 radical (unpaired) electrons. The Morgan fingerprint density at radius 1 is 1.40 bits per heavy atom. The monoisotopic (exact) mass is 371 g/mol. The van der Waals surface area contributed by atoms with Crippen molar-refractivity contribution in [3.05, 3.63) is 44.6 Å². The molecule has 0 atom stereocenters. The van der Waals surface area contributed by atoms with E-state index in [4.69, 9.17) is 0 Å². The number of thiophene rings is 1. The lowest BCUT2D eigenvalue weighted by Gasteiger charge is -2.04. The molecule has 0 bridgehead atoms. The minimum absolute atomic E-state index is 0.169. The Labute approximate surface area is 134 Å². The van der Waals surface area contributed by atoms with Gasteiger partial charge in [-0.3, -0.25) is 9.78 Å². The van der Waals surface area contributed by atoms with E-state index < -0.39 is 0 Å². The maximum atomic E-state index is 11.8. The lowest BCUT2D eigenvalue weighted by molar-refractivity contribution is 0.0951. The molecular weight excluding hydrogens is 358 g/mol. The van der Waals surface area contributed by atoms with Crippen LogP contribution in [0.3, 0.4) is 0 Å². The summed E-state index contributed by atoms with van der Waals surface area (Å²) >= 11 is 6.98. The van der Waals surface area contributed by atoms with Gasteiger partial charge in [-0.2, -0.15) is 11.8 Å². The molecule has 0 saturated carbocycles. The highest BCUT2D eigenvalue weighted by Gasteiger charge is 2.06. The number of thioether (sulfide) groups is 1. The maximum absolute atomic E-state index is 11.8. The second-order valence-corrected chi connectivity index (χ2v) is 7.71.